The van der Waals surface area contributed by atoms with Crippen LogP contribution in [-0.4, -0.2) is 18.2 Å². The molecule has 0 aliphatic rings. The molecular weight excluding hydrogens is 230 g/mol. The van der Waals surface area contributed by atoms with Gasteiger partial charge in [0.1, 0.15) is 0 Å². The van der Waals surface area contributed by atoms with Gasteiger partial charge in [0.05, 0.1) is 0 Å². The van der Waals surface area contributed by atoms with E-state index >= 15 is 0 Å². The Morgan fingerprint density at radius 1 is 1.35 bits per heavy atom. The van der Waals surface area contributed by atoms with E-state index in [1.54, 1.807) is 11.8 Å². The standard InChI is InChI=1S/C14H21NOS/c1-3-7-12(2)14(16)15-10-11-17-13-8-5-4-6-9-13/h4-6,8-9,12H,3,7,10-11H2,1-2H3,(H,15,16). The number of carbonyl (C=O) groups excluding carboxylic acids is 1. The van der Waals surface area contributed by atoms with Crippen LogP contribution in [0.25, 0.3) is 0 Å². The Bertz CT molecular complexity index is 326. The lowest BCUT2D eigenvalue weighted by atomic mass is 10.1. The predicted molar refractivity (Wildman–Crippen MR) is 74.2 cm³/mol. The summed E-state index contributed by atoms with van der Waals surface area (Å²) in [5.41, 5.74) is 0. The second-order valence-electron chi connectivity index (χ2n) is 4.14. The van der Waals surface area contributed by atoms with Crippen molar-refractivity contribution < 1.29 is 4.79 Å². The Morgan fingerprint density at radius 3 is 2.71 bits per heavy atom. The van der Waals surface area contributed by atoms with E-state index in [-0.39, 0.29) is 11.8 Å². The zero-order valence-corrected chi connectivity index (χ0v) is 11.4. The van der Waals surface area contributed by atoms with E-state index in [4.69, 9.17) is 0 Å². The highest BCUT2D eigenvalue weighted by atomic mass is 32.2. The lowest BCUT2D eigenvalue weighted by molar-refractivity contribution is -0.124. The summed E-state index contributed by atoms with van der Waals surface area (Å²) in [5.74, 6) is 1.25. The fraction of sp³-hybridized carbons (Fsp3) is 0.500. The highest BCUT2D eigenvalue weighted by Crippen LogP contribution is 2.15. The monoisotopic (exact) mass is 251 g/mol. The van der Waals surface area contributed by atoms with Gasteiger partial charge in [-0.1, -0.05) is 38.5 Å². The van der Waals surface area contributed by atoms with Gasteiger partial charge in [0, 0.05) is 23.1 Å². The van der Waals surface area contributed by atoms with Gasteiger partial charge in [0.25, 0.3) is 0 Å². The molecule has 0 fully saturated rings. The first-order chi connectivity index (χ1) is 8.24. The highest BCUT2D eigenvalue weighted by Gasteiger charge is 2.10. The summed E-state index contributed by atoms with van der Waals surface area (Å²) >= 11 is 1.77. The minimum atomic E-state index is 0.140. The second kappa shape index (κ2) is 8.18. The Morgan fingerprint density at radius 2 is 2.06 bits per heavy atom. The van der Waals surface area contributed by atoms with Crippen LogP contribution in [-0.2, 0) is 4.79 Å². The zero-order chi connectivity index (χ0) is 12.5. The van der Waals surface area contributed by atoms with Gasteiger partial charge in [-0.25, -0.2) is 0 Å². The van der Waals surface area contributed by atoms with Crippen molar-refractivity contribution in [1.29, 1.82) is 0 Å². The van der Waals surface area contributed by atoms with Crippen molar-refractivity contribution in [3.63, 3.8) is 0 Å². The number of carbonyl (C=O) groups is 1. The Labute approximate surface area is 108 Å². The molecule has 1 aromatic rings. The number of hydrogen-bond donors (Lipinski definition) is 1. The van der Waals surface area contributed by atoms with Gasteiger partial charge in [0.15, 0.2) is 0 Å². The molecule has 0 saturated heterocycles. The number of hydrogen-bond acceptors (Lipinski definition) is 2. The van der Waals surface area contributed by atoms with Crippen molar-refractivity contribution in [2.75, 3.05) is 12.3 Å². The molecule has 1 unspecified atom stereocenters. The van der Waals surface area contributed by atoms with Crippen LogP contribution in [0.2, 0.25) is 0 Å². The lowest BCUT2D eigenvalue weighted by Gasteiger charge is -2.10. The van der Waals surface area contributed by atoms with E-state index < -0.39 is 0 Å². The molecular formula is C14H21NOS. The van der Waals surface area contributed by atoms with Crippen molar-refractivity contribution in [1.82, 2.24) is 5.32 Å². The van der Waals surface area contributed by atoms with Gasteiger partial charge >= 0.3 is 0 Å². The maximum Gasteiger partial charge on any atom is 0.222 e. The summed E-state index contributed by atoms with van der Waals surface area (Å²) in [7, 11) is 0. The minimum absolute atomic E-state index is 0.140. The highest BCUT2D eigenvalue weighted by molar-refractivity contribution is 7.99. The molecule has 0 heterocycles. The number of benzene rings is 1. The van der Waals surface area contributed by atoms with Crippen LogP contribution in [0, 0.1) is 5.92 Å². The normalized spacial score (nSPS) is 12.1. The molecule has 3 heteroatoms. The van der Waals surface area contributed by atoms with Crippen LogP contribution in [0.15, 0.2) is 35.2 Å². The topological polar surface area (TPSA) is 29.1 Å². The summed E-state index contributed by atoms with van der Waals surface area (Å²) in [6.07, 6.45) is 2.03. The number of thioether (sulfide) groups is 1. The number of rotatable bonds is 7. The summed E-state index contributed by atoms with van der Waals surface area (Å²) in [4.78, 5) is 12.9. The van der Waals surface area contributed by atoms with Crippen LogP contribution in [0.3, 0.4) is 0 Å². The minimum Gasteiger partial charge on any atom is -0.355 e. The van der Waals surface area contributed by atoms with Gasteiger partial charge in [-0.05, 0) is 18.6 Å². The average Bonchev–Trinajstić information content (AvgIpc) is 2.36. The Balaban J connectivity index is 2.14. The van der Waals surface area contributed by atoms with Gasteiger partial charge in [-0.2, -0.15) is 0 Å². The molecule has 1 rings (SSSR count). The van der Waals surface area contributed by atoms with E-state index in [1.807, 2.05) is 25.1 Å². The molecule has 94 valence electrons. The first-order valence-corrected chi connectivity index (χ1v) is 7.18. The predicted octanol–water partition coefficient (Wildman–Crippen LogP) is 3.33. The van der Waals surface area contributed by atoms with E-state index in [0.717, 1.165) is 25.1 Å². The first kappa shape index (κ1) is 14.1. The molecule has 1 amide bonds. The molecule has 0 aromatic heterocycles. The maximum absolute atomic E-state index is 11.6. The summed E-state index contributed by atoms with van der Waals surface area (Å²) in [6.45, 7) is 4.84. The fourth-order valence-corrected chi connectivity index (χ4v) is 2.39. The van der Waals surface area contributed by atoms with Crippen molar-refractivity contribution in [3.8, 4) is 0 Å². The van der Waals surface area contributed by atoms with Crippen molar-refractivity contribution in [3.05, 3.63) is 30.3 Å². The molecule has 1 N–H and O–H groups in total. The maximum atomic E-state index is 11.6. The van der Waals surface area contributed by atoms with Crippen LogP contribution >= 0.6 is 11.8 Å². The zero-order valence-electron chi connectivity index (χ0n) is 10.6. The summed E-state index contributed by atoms with van der Waals surface area (Å²) in [6, 6.07) is 10.3. The smallest absolute Gasteiger partial charge is 0.222 e. The molecule has 0 radical (unpaired) electrons. The number of nitrogens with one attached hydrogen (secondary N) is 1. The van der Waals surface area contributed by atoms with Crippen LogP contribution in [0.1, 0.15) is 26.7 Å². The lowest BCUT2D eigenvalue weighted by Crippen LogP contribution is -2.30. The molecule has 0 saturated carbocycles. The number of amides is 1. The molecule has 0 aliphatic heterocycles. The molecule has 0 bridgehead atoms. The van der Waals surface area contributed by atoms with E-state index in [9.17, 15) is 4.79 Å². The van der Waals surface area contributed by atoms with Crippen molar-refractivity contribution in [2.45, 2.75) is 31.6 Å². The molecule has 1 aromatic carbocycles. The SMILES string of the molecule is CCCC(C)C(=O)NCCSc1ccccc1. The third-order valence-electron chi connectivity index (χ3n) is 2.58. The summed E-state index contributed by atoms with van der Waals surface area (Å²) < 4.78 is 0. The Kier molecular flexibility index (Phi) is 6.78. The van der Waals surface area contributed by atoms with Gasteiger partial charge in [0.2, 0.25) is 5.91 Å². The molecule has 2 nitrogen and oxygen atoms in total. The van der Waals surface area contributed by atoms with Crippen molar-refractivity contribution in [2.24, 2.45) is 5.92 Å². The van der Waals surface area contributed by atoms with Gasteiger partial charge < -0.3 is 5.32 Å². The van der Waals surface area contributed by atoms with Gasteiger partial charge in [-0.15, -0.1) is 11.8 Å². The second-order valence-corrected chi connectivity index (χ2v) is 5.31. The largest absolute Gasteiger partial charge is 0.355 e. The third-order valence-corrected chi connectivity index (χ3v) is 3.60. The molecule has 0 spiro atoms. The fourth-order valence-electron chi connectivity index (χ4n) is 1.60. The molecule has 0 aliphatic carbocycles. The van der Waals surface area contributed by atoms with E-state index in [0.29, 0.717) is 0 Å². The van der Waals surface area contributed by atoms with Crippen LogP contribution in [0.5, 0.6) is 0 Å². The third kappa shape index (κ3) is 5.78. The first-order valence-electron chi connectivity index (χ1n) is 6.19. The average molecular weight is 251 g/mol. The van der Waals surface area contributed by atoms with E-state index in [2.05, 4.69) is 24.4 Å². The van der Waals surface area contributed by atoms with Crippen molar-refractivity contribution >= 4 is 17.7 Å². The quantitative estimate of drug-likeness (QED) is 0.595. The Hall–Kier alpha value is -0.960. The van der Waals surface area contributed by atoms with Crippen LogP contribution in [0.4, 0.5) is 0 Å². The molecule has 17 heavy (non-hydrogen) atoms. The van der Waals surface area contributed by atoms with E-state index in [1.165, 1.54) is 4.90 Å². The molecule has 1 atom stereocenters. The van der Waals surface area contributed by atoms with Gasteiger partial charge in [-0.3, -0.25) is 4.79 Å². The van der Waals surface area contributed by atoms with Crippen LogP contribution < -0.4 is 5.32 Å². The summed E-state index contributed by atoms with van der Waals surface area (Å²) in [5, 5.41) is 2.98.